The molecule has 5 unspecified atom stereocenters. The van der Waals surface area contributed by atoms with Gasteiger partial charge in [-0.1, -0.05) is 35.5 Å². The van der Waals surface area contributed by atoms with Crippen molar-refractivity contribution >= 4 is 26.6 Å². The number of benzene rings is 1. The molecule has 29 heavy (non-hydrogen) atoms. The van der Waals surface area contributed by atoms with E-state index < -0.39 is 5.60 Å². The van der Waals surface area contributed by atoms with E-state index in [2.05, 4.69) is 64.5 Å². The van der Waals surface area contributed by atoms with Crippen molar-refractivity contribution in [2.24, 2.45) is 22.9 Å². The van der Waals surface area contributed by atoms with Gasteiger partial charge in [-0.3, -0.25) is 0 Å². The molecule has 3 aliphatic rings. The van der Waals surface area contributed by atoms with Gasteiger partial charge < -0.3 is 19.8 Å². The van der Waals surface area contributed by atoms with Crippen LogP contribution in [0.3, 0.4) is 0 Å². The van der Waals surface area contributed by atoms with E-state index in [1.54, 1.807) is 0 Å². The van der Waals surface area contributed by atoms with Crippen molar-refractivity contribution in [3.63, 3.8) is 0 Å². The van der Waals surface area contributed by atoms with Crippen LogP contribution in [0.2, 0.25) is 0 Å². The second-order valence-electron chi connectivity index (χ2n) is 9.88. The average Bonchev–Trinajstić information content (AvgIpc) is 3.07. The van der Waals surface area contributed by atoms with Crippen molar-refractivity contribution in [3.8, 4) is 0 Å². The van der Waals surface area contributed by atoms with Crippen molar-refractivity contribution < 1.29 is 14.4 Å². The van der Waals surface area contributed by atoms with E-state index in [9.17, 15) is 4.79 Å². The maximum absolute atomic E-state index is 12.7. The molecule has 1 aliphatic carbocycles. The molecule has 2 bridgehead atoms. The lowest BCUT2D eigenvalue weighted by atomic mass is 9.85. The third-order valence-electron chi connectivity index (χ3n) is 6.23. The minimum absolute atomic E-state index is 0.0223. The maximum Gasteiger partial charge on any atom is 0.410 e. The van der Waals surface area contributed by atoms with Gasteiger partial charge in [-0.2, -0.15) is 0 Å². The molecule has 4 rings (SSSR count). The second-order valence-corrected chi connectivity index (χ2v) is 10.7. The maximum atomic E-state index is 12.7. The van der Waals surface area contributed by atoms with Crippen LogP contribution in [0.5, 0.6) is 0 Å². The Bertz CT molecular complexity index is 805. The Balaban J connectivity index is 1.57. The highest BCUT2D eigenvalue weighted by molar-refractivity contribution is 9.18. The summed E-state index contributed by atoms with van der Waals surface area (Å²) in [7, 11) is 0. The molecule has 1 amide bonds. The second kappa shape index (κ2) is 7.27. The van der Waals surface area contributed by atoms with Crippen molar-refractivity contribution in [3.05, 3.63) is 35.9 Å². The Morgan fingerprint density at radius 2 is 1.83 bits per heavy atom. The van der Waals surface area contributed by atoms with Crippen LogP contribution in [0, 0.1) is 17.8 Å². The number of piperidine rings is 1. The summed E-state index contributed by atoms with van der Waals surface area (Å²) in [6, 6.07) is 10.7. The first-order valence-corrected chi connectivity index (χ1v) is 11.1. The number of nitrogens with one attached hydrogen (secondary N) is 1. The SMILES string of the molecule is CC(C)(C)OC(=O)N1CC2C(NC(C)(C)c3ccccc3)C(C1)C1C(Br)=NOC21. The van der Waals surface area contributed by atoms with Crippen LogP contribution in [-0.2, 0) is 15.1 Å². The highest BCUT2D eigenvalue weighted by Crippen LogP contribution is 2.48. The predicted molar refractivity (Wildman–Crippen MR) is 116 cm³/mol. The predicted octanol–water partition coefficient (Wildman–Crippen LogP) is 4.10. The third kappa shape index (κ3) is 3.91. The minimum Gasteiger partial charge on any atom is -0.444 e. The first-order chi connectivity index (χ1) is 13.6. The largest absolute Gasteiger partial charge is 0.444 e. The lowest BCUT2D eigenvalue weighted by Crippen LogP contribution is -2.58. The number of likely N-dealkylation sites (tertiary alicyclic amines) is 1. The summed E-state index contributed by atoms with van der Waals surface area (Å²) in [5.41, 5.74) is 0.543. The number of halogens is 1. The molecule has 5 atom stereocenters. The molecule has 2 fully saturated rings. The molecule has 0 aromatic heterocycles. The fourth-order valence-electron chi connectivity index (χ4n) is 4.96. The van der Waals surface area contributed by atoms with Crippen molar-refractivity contribution in [2.75, 3.05) is 13.1 Å². The summed E-state index contributed by atoms with van der Waals surface area (Å²) in [4.78, 5) is 20.4. The van der Waals surface area contributed by atoms with E-state index in [1.807, 2.05) is 31.7 Å². The minimum atomic E-state index is -0.505. The molecular weight excluding hydrogens is 434 g/mol. The molecule has 1 aromatic carbocycles. The van der Waals surface area contributed by atoms with Gasteiger partial charge in [0.25, 0.3) is 0 Å². The van der Waals surface area contributed by atoms with Crippen LogP contribution in [0.15, 0.2) is 35.5 Å². The van der Waals surface area contributed by atoms with E-state index >= 15 is 0 Å². The summed E-state index contributed by atoms with van der Waals surface area (Å²) in [6.45, 7) is 11.4. The van der Waals surface area contributed by atoms with Crippen LogP contribution in [-0.4, -0.2) is 46.5 Å². The molecule has 0 radical (unpaired) electrons. The van der Waals surface area contributed by atoms with E-state index in [0.29, 0.717) is 13.1 Å². The molecular formula is C22H30BrN3O3. The fourth-order valence-corrected chi connectivity index (χ4v) is 5.64. The Labute approximate surface area is 181 Å². The Hall–Kier alpha value is -1.60. The zero-order valence-corrected chi connectivity index (χ0v) is 19.3. The number of rotatable bonds is 3. The summed E-state index contributed by atoms with van der Waals surface area (Å²) in [5.74, 6) is 0.513. The van der Waals surface area contributed by atoms with Crippen LogP contribution >= 0.6 is 15.9 Å². The van der Waals surface area contributed by atoms with E-state index in [-0.39, 0.29) is 41.5 Å². The molecule has 0 spiro atoms. The smallest absolute Gasteiger partial charge is 0.410 e. The van der Waals surface area contributed by atoms with Gasteiger partial charge in [0.05, 0.1) is 5.92 Å². The Morgan fingerprint density at radius 3 is 2.48 bits per heavy atom. The quantitative estimate of drug-likeness (QED) is 0.732. The zero-order valence-electron chi connectivity index (χ0n) is 17.7. The number of carbonyl (C=O) groups excluding carboxylic acids is 1. The number of carbonyl (C=O) groups is 1. The van der Waals surface area contributed by atoms with Gasteiger partial charge >= 0.3 is 6.09 Å². The number of fused-ring (bicyclic) bond motifs is 5. The molecule has 2 aliphatic heterocycles. The lowest BCUT2D eigenvalue weighted by molar-refractivity contribution is -0.00463. The average molecular weight is 464 g/mol. The zero-order chi connectivity index (χ0) is 21.0. The van der Waals surface area contributed by atoms with Crippen molar-refractivity contribution in [1.82, 2.24) is 10.2 Å². The van der Waals surface area contributed by atoms with E-state index in [4.69, 9.17) is 9.57 Å². The summed E-state index contributed by atoms with van der Waals surface area (Å²) in [5, 5.41) is 8.09. The van der Waals surface area contributed by atoms with Crippen LogP contribution in [0.1, 0.15) is 40.2 Å². The summed E-state index contributed by atoms with van der Waals surface area (Å²) < 4.78 is 6.49. The van der Waals surface area contributed by atoms with Crippen molar-refractivity contribution in [1.29, 1.82) is 0 Å². The number of ether oxygens (including phenoxy) is 1. The molecule has 2 heterocycles. The van der Waals surface area contributed by atoms with Gasteiger partial charge in [0.2, 0.25) is 0 Å². The lowest BCUT2D eigenvalue weighted by Gasteiger charge is -2.43. The number of hydrogen-bond donors (Lipinski definition) is 1. The Morgan fingerprint density at radius 1 is 1.17 bits per heavy atom. The van der Waals surface area contributed by atoms with Gasteiger partial charge in [-0.25, -0.2) is 4.79 Å². The van der Waals surface area contributed by atoms with Crippen LogP contribution < -0.4 is 5.32 Å². The fraction of sp³-hybridized carbons (Fsp3) is 0.636. The number of oxime groups is 1. The molecule has 158 valence electrons. The van der Waals surface area contributed by atoms with Gasteiger partial charge in [0, 0.05) is 36.5 Å². The highest BCUT2D eigenvalue weighted by Gasteiger charge is 2.60. The van der Waals surface area contributed by atoms with E-state index in [0.717, 1.165) is 4.62 Å². The molecule has 1 saturated carbocycles. The molecule has 1 saturated heterocycles. The molecule has 1 aromatic rings. The topological polar surface area (TPSA) is 63.2 Å². The standard InChI is InChI=1S/C22H30BrN3O3/c1-21(2,3)28-20(27)26-11-14-16-18(29-25-19(16)23)15(12-26)17(14)24-22(4,5)13-9-7-6-8-10-13/h6-10,14-18,24H,11-12H2,1-5H3. The van der Waals surface area contributed by atoms with Crippen LogP contribution in [0.25, 0.3) is 0 Å². The number of nitrogens with zero attached hydrogens (tertiary/aromatic N) is 2. The number of amides is 1. The van der Waals surface area contributed by atoms with Crippen molar-refractivity contribution in [2.45, 2.75) is 57.9 Å². The molecule has 7 heteroatoms. The van der Waals surface area contributed by atoms with Gasteiger partial charge in [0.1, 0.15) is 16.3 Å². The third-order valence-corrected chi connectivity index (χ3v) is 6.91. The first-order valence-electron chi connectivity index (χ1n) is 10.3. The normalized spacial score (nSPS) is 31.2. The highest BCUT2D eigenvalue weighted by atomic mass is 79.9. The monoisotopic (exact) mass is 463 g/mol. The number of hydrogen-bond acceptors (Lipinski definition) is 5. The summed E-state index contributed by atoms with van der Waals surface area (Å²) in [6.07, 6.45) is -0.271. The molecule has 6 nitrogen and oxygen atoms in total. The Kier molecular flexibility index (Phi) is 5.18. The van der Waals surface area contributed by atoms with Gasteiger partial charge in [0.15, 0.2) is 0 Å². The van der Waals surface area contributed by atoms with Gasteiger partial charge in [-0.15, -0.1) is 0 Å². The van der Waals surface area contributed by atoms with Gasteiger partial charge in [-0.05, 0) is 56.1 Å². The van der Waals surface area contributed by atoms with Crippen LogP contribution in [0.4, 0.5) is 4.79 Å². The first kappa shape index (κ1) is 20.7. The summed E-state index contributed by atoms with van der Waals surface area (Å²) >= 11 is 3.60. The molecule has 1 N–H and O–H groups in total. The van der Waals surface area contributed by atoms with E-state index in [1.165, 1.54) is 5.56 Å².